The summed E-state index contributed by atoms with van der Waals surface area (Å²) in [4.78, 5) is 22.8. The molecular weight excluding hydrogens is 443 g/mol. The van der Waals surface area contributed by atoms with Crippen LogP contribution < -0.4 is 16.4 Å². The molecular formula is C24H30ClFN6O. The number of nitrogens with zero attached hydrogens (tertiary/aromatic N) is 3. The largest absolute Gasteiger partial charge is 0.369 e. The lowest BCUT2D eigenvalue weighted by Crippen LogP contribution is -2.41. The molecule has 1 aliphatic heterocycles. The van der Waals surface area contributed by atoms with E-state index >= 15 is 0 Å². The van der Waals surface area contributed by atoms with Crippen LogP contribution in [0.4, 0.5) is 21.8 Å². The molecule has 2 bridgehead atoms. The molecule has 1 aromatic heterocycles. The van der Waals surface area contributed by atoms with Crippen LogP contribution in [0.15, 0.2) is 42.6 Å². The number of primary amides is 1. The van der Waals surface area contributed by atoms with Crippen LogP contribution in [0.2, 0.25) is 0 Å². The van der Waals surface area contributed by atoms with Crippen molar-refractivity contribution in [3.05, 3.63) is 54.0 Å². The van der Waals surface area contributed by atoms with Gasteiger partial charge in [-0.25, -0.2) is 9.37 Å². The number of fused-ring (bicyclic) bond motifs is 2. The van der Waals surface area contributed by atoms with Gasteiger partial charge in [0.2, 0.25) is 11.9 Å². The summed E-state index contributed by atoms with van der Waals surface area (Å²) in [6.07, 6.45) is 8.40. The first-order chi connectivity index (χ1) is 15.5. The number of likely N-dealkylation sites (tertiary alicyclic amines) is 1. The first-order valence-electron chi connectivity index (χ1n) is 11.3. The summed E-state index contributed by atoms with van der Waals surface area (Å²) in [5.41, 5.74) is 7.79. The minimum absolute atomic E-state index is 0. The summed E-state index contributed by atoms with van der Waals surface area (Å²) in [5, 5.41) is 6.35. The second-order valence-electron chi connectivity index (χ2n) is 9.26. The summed E-state index contributed by atoms with van der Waals surface area (Å²) >= 11 is 0. The smallest absolute Gasteiger partial charge is 0.229 e. The first-order valence-corrected chi connectivity index (χ1v) is 11.3. The Kier molecular flexibility index (Phi) is 6.86. The van der Waals surface area contributed by atoms with Crippen LogP contribution in [0.3, 0.4) is 0 Å². The molecule has 2 aromatic rings. The molecule has 176 valence electrons. The highest BCUT2D eigenvalue weighted by atomic mass is 35.5. The molecule has 1 saturated carbocycles. The topological polar surface area (TPSA) is 96.2 Å². The van der Waals surface area contributed by atoms with Crippen molar-refractivity contribution >= 4 is 35.8 Å². The highest BCUT2D eigenvalue weighted by Gasteiger charge is 2.47. The lowest BCUT2D eigenvalue weighted by atomic mass is 9.88. The van der Waals surface area contributed by atoms with Crippen LogP contribution in [0.5, 0.6) is 0 Å². The Bertz CT molecular complexity index is 1040. The number of aromatic nitrogens is 2. The molecule has 2 aliphatic carbocycles. The Labute approximate surface area is 199 Å². The summed E-state index contributed by atoms with van der Waals surface area (Å²) in [5.74, 6) is -0.0782. The number of carbonyl (C=O) groups is 1. The van der Waals surface area contributed by atoms with Crippen LogP contribution in [-0.2, 0) is 4.79 Å². The normalized spacial score (nSPS) is 26.7. The molecule has 5 rings (SSSR count). The molecule has 1 aromatic carbocycles. The van der Waals surface area contributed by atoms with Crippen LogP contribution in [0.25, 0.3) is 0 Å². The first kappa shape index (κ1) is 23.4. The van der Waals surface area contributed by atoms with Gasteiger partial charge in [-0.15, -0.1) is 12.4 Å². The summed E-state index contributed by atoms with van der Waals surface area (Å²) < 4.78 is 14.5. The van der Waals surface area contributed by atoms with Crippen molar-refractivity contribution < 1.29 is 9.18 Å². The zero-order valence-electron chi connectivity index (χ0n) is 18.6. The van der Waals surface area contributed by atoms with Crippen molar-refractivity contribution in [3.8, 4) is 0 Å². The van der Waals surface area contributed by atoms with E-state index in [0.717, 1.165) is 44.2 Å². The number of carbonyl (C=O) groups excluding carboxylic acids is 1. The molecule has 9 heteroatoms. The summed E-state index contributed by atoms with van der Waals surface area (Å²) in [6, 6.07) is 8.01. The van der Waals surface area contributed by atoms with Crippen molar-refractivity contribution in [2.75, 3.05) is 30.8 Å². The third-order valence-electron chi connectivity index (χ3n) is 7.17. The van der Waals surface area contributed by atoms with E-state index in [1.165, 1.54) is 5.56 Å². The highest BCUT2D eigenvalue weighted by molar-refractivity contribution is 5.85. The predicted molar refractivity (Wildman–Crippen MR) is 129 cm³/mol. The molecule has 4 atom stereocenters. The summed E-state index contributed by atoms with van der Waals surface area (Å²) in [7, 11) is 2.16. The zero-order valence-corrected chi connectivity index (χ0v) is 19.4. The van der Waals surface area contributed by atoms with E-state index in [1.807, 2.05) is 18.2 Å². The van der Waals surface area contributed by atoms with Gasteiger partial charge in [0.15, 0.2) is 11.6 Å². The second kappa shape index (κ2) is 9.65. The molecule has 0 unspecified atom stereocenters. The maximum absolute atomic E-state index is 14.5. The lowest BCUT2D eigenvalue weighted by molar-refractivity contribution is -0.122. The number of halogens is 2. The van der Waals surface area contributed by atoms with Crippen molar-refractivity contribution in [1.29, 1.82) is 0 Å². The number of nitrogens with two attached hydrogens (primary N) is 1. The number of hydrogen-bond acceptors (Lipinski definition) is 6. The van der Waals surface area contributed by atoms with Crippen LogP contribution in [0, 0.1) is 23.6 Å². The van der Waals surface area contributed by atoms with Crippen LogP contribution in [-0.4, -0.2) is 47.0 Å². The Balaban J connectivity index is 0.00000259. The third-order valence-corrected chi connectivity index (χ3v) is 7.17. The monoisotopic (exact) mass is 472 g/mol. The van der Waals surface area contributed by atoms with E-state index in [0.29, 0.717) is 11.9 Å². The quantitative estimate of drug-likeness (QED) is 0.555. The fraction of sp³-hybridized carbons (Fsp3) is 0.458. The molecule has 0 radical (unpaired) electrons. The number of allylic oxidation sites excluding steroid dienone is 1. The van der Waals surface area contributed by atoms with Gasteiger partial charge in [-0.2, -0.15) is 4.98 Å². The van der Waals surface area contributed by atoms with E-state index in [4.69, 9.17) is 5.73 Å². The molecule has 3 aliphatic rings. The maximum Gasteiger partial charge on any atom is 0.229 e. The minimum atomic E-state index is -0.550. The molecule has 7 nitrogen and oxygen atoms in total. The Hall–Kier alpha value is -2.71. The molecule has 2 fully saturated rings. The fourth-order valence-electron chi connectivity index (χ4n) is 5.43. The van der Waals surface area contributed by atoms with Crippen molar-refractivity contribution in [3.63, 3.8) is 0 Å². The molecule has 1 amide bonds. The molecule has 33 heavy (non-hydrogen) atoms. The van der Waals surface area contributed by atoms with Gasteiger partial charge in [0, 0.05) is 11.7 Å². The number of rotatable bonds is 6. The Morgan fingerprint density at radius 2 is 1.97 bits per heavy atom. The number of piperidine rings is 1. The minimum Gasteiger partial charge on any atom is -0.369 e. The van der Waals surface area contributed by atoms with E-state index in [2.05, 4.69) is 50.8 Å². The van der Waals surface area contributed by atoms with Gasteiger partial charge in [-0.3, -0.25) is 4.79 Å². The standard InChI is InChI=1S/C24H29FN6O.ClH/c1-31-9-7-14(8-10-31)15-3-2-4-18(12-15)28-24-27-13-19(25)23(30-24)29-21-17-6-5-16(11-17)20(21)22(26)32;/h2-6,12-14,16-17,20-21H,7-11H2,1H3,(H2,26,32)(H2,27,28,29,30);1H/t16-,17+,20+,21-;/m1./s1. The Morgan fingerprint density at radius 1 is 1.21 bits per heavy atom. The third kappa shape index (κ3) is 4.82. The second-order valence-corrected chi connectivity index (χ2v) is 9.26. The molecule has 0 spiro atoms. The fourth-order valence-corrected chi connectivity index (χ4v) is 5.43. The van der Waals surface area contributed by atoms with Crippen molar-refractivity contribution in [1.82, 2.24) is 14.9 Å². The molecule has 1 saturated heterocycles. The van der Waals surface area contributed by atoms with Gasteiger partial charge >= 0.3 is 0 Å². The van der Waals surface area contributed by atoms with E-state index < -0.39 is 5.82 Å². The van der Waals surface area contributed by atoms with Gasteiger partial charge in [0.1, 0.15) is 0 Å². The SMILES string of the molecule is CN1CCC(c2cccc(Nc3ncc(F)c(N[C@H]4[C@@H](C(N)=O)[C@@H]5C=C[C@H]4C5)n3)c2)CC1.Cl. The molecule has 2 heterocycles. The lowest BCUT2D eigenvalue weighted by Gasteiger charge is -2.29. The number of benzene rings is 1. The van der Waals surface area contributed by atoms with Gasteiger partial charge in [-0.05, 0) is 74.8 Å². The molecule has 4 N–H and O–H groups in total. The van der Waals surface area contributed by atoms with E-state index in [1.54, 1.807) is 0 Å². The average Bonchev–Trinajstić information content (AvgIpc) is 3.38. The average molecular weight is 473 g/mol. The van der Waals surface area contributed by atoms with Crippen LogP contribution in [0.1, 0.15) is 30.7 Å². The Morgan fingerprint density at radius 3 is 2.73 bits per heavy atom. The maximum atomic E-state index is 14.5. The summed E-state index contributed by atoms with van der Waals surface area (Å²) in [6.45, 7) is 2.20. The highest BCUT2D eigenvalue weighted by Crippen LogP contribution is 2.45. The van der Waals surface area contributed by atoms with E-state index in [-0.39, 0.29) is 47.9 Å². The van der Waals surface area contributed by atoms with E-state index in [9.17, 15) is 9.18 Å². The predicted octanol–water partition coefficient (Wildman–Crippen LogP) is 3.68. The number of anilines is 3. The number of hydrogen-bond donors (Lipinski definition) is 3. The van der Waals surface area contributed by atoms with Gasteiger partial charge in [-0.1, -0.05) is 24.3 Å². The van der Waals surface area contributed by atoms with Crippen LogP contribution >= 0.6 is 12.4 Å². The van der Waals surface area contributed by atoms with Gasteiger partial charge in [0.05, 0.1) is 12.1 Å². The number of amides is 1. The van der Waals surface area contributed by atoms with Gasteiger partial charge < -0.3 is 21.3 Å². The van der Waals surface area contributed by atoms with Gasteiger partial charge in [0.25, 0.3) is 0 Å². The van der Waals surface area contributed by atoms with Crippen molar-refractivity contribution in [2.45, 2.75) is 31.2 Å². The zero-order chi connectivity index (χ0) is 22.2. The van der Waals surface area contributed by atoms with Crippen molar-refractivity contribution in [2.24, 2.45) is 23.5 Å². The number of nitrogens with one attached hydrogen (secondary N) is 2.